The molecule has 0 aromatic heterocycles. The van der Waals surface area contributed by atoms with Crippen LogP contribution in [0.25, 0.3) is 0 Å². The number of likely N-dealkylation sites (N-methyl/N-ethyl adjacent to an activating group) is 1. The van der Waals surface area contributed by atoms with Gasteiger partial charge in [0.25, 0.3) is 0 Å². The lowest BCUT2D eigenvalue weighted by atomic mass is 9.97. The van der Waals surface area contributed by atoms with Crippen molar-refractivity contribution in [2.24, 2.45) is 5.73 Å². The zero-order chi connectivity index (χ0) is 14.4. The van der Waals surface area contributed by atoms with Crippen molar-refractivity contribution < 1.29 is 4.79 Å². The summed E-state index contributed by atoms with van der Waals surface area (Å²) in [5.41, 5.74) is 10.8. The van der Waals surface area contributed by atoms with E-state index in [1.54, 1.807) is 0 Å². The van der Waals surface area contributed by atoms with Gasteiger partial charge in [-0.2, -0.15) is 0 Å². The van der Waals surface area contributed by atoms with Crippen molar-refractivity contribution in [1.82, 2.24) is 4.90 Å². The minimum atomic E-state index is 0.187. The van der Waals surface area contributed by atoms with E-state index in [0.29, 0.717) is 13.0 Å². The molecule has 0 saturated carbocycles. The fourth-order valence-electron chi connectivity index (χ4n) is 2.14. The smallest absolute Gasteiger partial charge is 0.222 e. The highest BCUT2D eigenvalue weighted by molar-refractivity contribution is 5.75. The third kappa shape index (κ3) is 4.35. The van der Waals surface area contributed by atoms with E-state index in [1.807, 2.05) is 11.9 Å². The van der Waals surface area contributed by atoms with Crippen molar-refractivity contribution in [3.8, 4) is 0 Å². The molecule has 2 N–H and O–H groups in total. The molecule has 0 bridgehead atoms. The van der Waals surface area contributed by atoms with Crippen molar-refractivity contribution in [1.29, 1.82) is 0 Å². The fourth-order valence-corrected chi connectivity index (χ4v) is 2.14. The Hall–Kier alpha value is -1.35. The Labute approximate surface area is 116 Å². The molecular formula is C16H26N2O. The van der Waals surface area contributed by atoms with Gasteiger partial charge in [0.15, 0.2) is 0 Å². The molecule has 1 aromatic rings. The molecule has 1 aromatic carbocycles. The highest BCUT2D eigenvalue weighted by atomic mass is 16.2. The minimum absolute atomic E-state index is 0.187. The summed E-state index contributed by atoms with van der Waals surface area (Å²) < 4.78 is 0. The molecule has 0 spiro atoms. The number of rotatable bonds is 6. The topological polar surface area (TPSA) is 46.3 Å². The Balaban J connectivity index is 2.57. The van der Waals surface area contributed by atoms with Crippen molar-refractivity contribution >= 4 is 5.91 Å². The number of benzene rings is 1. The SMILES string of the molecule is Cc1ccc(CCN(C)C(=O)CCCN)c(C)c1C. The first kappa shape index (κ1) is 15.7. The highest BCUT2D eigenvalue weighted by Gasteiger charge is 2.09. The molecular weight excluding hydrogens is 236 g/mol. The monoisotopic (exact) mass is 262 g/mol. The quantitative estimate of drug-likeness (QED) is 0.855. The normalized spacial score (nSPS) is 10.6. The van der Waals surface area contributed by atoms with Crippen molar-refractivity contribution in [2.45, 2.75) is 40.0 Å². The van der Waals surface area contributed by atoms with Crippen LogP contribution in [0.4, 0.5) is 0 Å². The summed E-state index contributed by atoms with van der Waals surface area (Å²) in [5.74, 6) is 0.187. The molecule has 3 heteroatoms. The van der Waals surface area contributed by atoms with Gasteiger partial charge in [0.1, 0.15) is 0 Å². The molecule has 0 atom stereocenters. The zero-order valence-corrected chi connectivity index (χ0v) is 12.6. The van der Waals surface area contributed by atoms with Crippen molar-refractivity contribution in [3.63, 3.8) is 0 Å². The molecule has 106 valence electrons. The standard InChI is InChI=1S/C16H26N2O/c1-12-7-8-15(14(3)13(12)2)9-11-18(4)16(19)6-5-10-17/h7-8H,5-6,9-11,17H2,1-4H3. The molecule has 0 aliphatic carbocycles. The lowest BCUT2D eigenvalue weighted by Crippen LogP contribution is -2.29. The van der Waals surface area contributed by atoms with Crippen LogP contribution in [0.2, 0.25) is 0 Å². The van der Waals surface area contributed by atoms with E-state index >= 15 is 0 Å². The van der Waals surface area contributed by atoms with Gasteiger partial charge in [0.2, 0.25) is 5.91 Å². The number of nitrogens with two attached hydrogens (primary N) is 1. The van der Waals surface area contributed by atoms with E-state index in [4.69, 9.17) is 5.73 Å². The summed E-state index contributed by atoms with van der Waals surface area (Å²) in [5, 5.41) is 0. The van der Waals surface area contributed by atoms with Gasteiger partial charge in [-0.05, 0) is 62.4 Å². The number of hydrogen-bond acceptors (Lipinski definition) is 2. The van der Waals surface area contributed by atoms with Gasteiger partial charge >= 0.3 is 0 Å². The number of hydrogen-bond donors (Lipinski definition) is 1. The molecule has 0 heterocycles. The summed E-state index contributed by atoms with van der Waals surface area (Å²) >= 11 is 0. The Morgan fingerprint density at radius 1 is 1.21 bits per heavy atom. The van der Waals surface area contributed by atoms with Crippen LogP contribution < -0.4 is 5.73 Å². The summed E-state index contributed by atoms with van der Waals surface area (Å²) in [6, 6.07) is 4.34. The molecule has 0 aliphatic heterocycles. The van der Waals surface area contributed by atoms with E-state index < -0.39 is 0 Å². The van der Waals surface area contributed by atoms with Gasteiger partial charge in [-0.25, -0.2) is 0 Å². The fraction of sp³-hybridized carbons (Fsp3) is 0.562. The maximum Gasteiger partial charge on any atom is 0.222 e. The van der Waals surface area contributed by atoms with Crippen LogP contribution in [0.3, 0.4) is 0 Å². The Bertz CT molecular complexity index is 441. The van der Waals surface area contributed by atoms with Crippen LogP contribution in [-0.2, 0) is 11.2 Å². The van der Waals surface area contributed by atoms with E-state index in [1.165, 1.54) is 22.3 Å². The first-order valence-corrected chi connectivity index (χ1v) is 6.97. The first-order chi connectivity index (χ1) is 8.97. The Kier molecular flexibility index (Phi) is 6.03. The van der Waals surface area contributed by atoms with E-state index in [2.05, 4.69) is 32.9 Å². The largest absolute Gasteiger partial charge is 0.345 e. The third-order valence-electron chi connectivity index (χ3n) is 3.91. The lowest BCUT2D eigenvalue weighted by molar-refractivity contribution is -0.129. The molecule has 3 nitrogen and oxygen atoms in total. The molecule has 1 rings (SSSR count). The summed E-state index contributed by atoms with van der Waals surface area (Å²) in [6.45, 7) is 7.80. The summed E-state index contributed by atoms with van der Waals surface area (Å²) in [7, 11) is 1.87. The lowest BCUT2D eigenvalue weighted by Gasteiger charge is -2.18. The number of carbonyl (C=O) groups is 1. The number of carbonyl (C=O) groups excluding carboxylic acids is 1. The molecule has 0 aliphatic rings. The van der Waals surface area contributed by atoms with Crippen LogP contribution in [0.15, 0.2) is 12.1 Å². The van der Waals surface area contributed by atoms with Crippen molar-refractivity contribution in [3.05, 3.63) is 34.4 Å². The number of aryl methyl sites for hydroxylation is 1. The second-order valence-electron chi connectivity index (χ2n) is 5.25. The second-order valence-corrected chi connectivity index (χ2v) is 5.25. The molecule has 0 fully saturated rings. The summed E-state index contributed by atoms with van der Waals surface area (Å²) in [4.78, 5) is 13.6. The molecule has 0 radical (unpaired) electrons. The average Bonchev–Trinajstić information content (AvgIpc) is 2.41. The van der Waals surface area contributed by atoms with Gasteiger partial charge in [-0.1, -0.05) is 12.1 Å². The molecule has 19 heavy (non-hydrogen) atoms. The molecule has 0 saturated heterocycles. The van der Waals surface area contributed by atoms with Gasteiger partial charge < -0.3 is 10.6 Å². The maximum atomic E-state index is 11.8. The maximum absolute atomic E-state index is 11.8. The third-order valence-corrected chi connectivity index (χ3v) is 3.91. The Morgan fingerprint density at radius 3 is 2.53 bits per heavy atom. The van der Waals surface area contributed by atoms with Gasteiger partial charge in [-0.3, -0.25) is 4.79 Å². The zero-order valence-electron chi connectivity index (χ0n) is 12.6. The molecule has 1 amide bonds. The first-order valence-electron chi connectivity index (χ1n) is 6.97. The average molecular weight is 262 g/mol. The number of nitrogens with zero attached hydrogens (tertiary/aromatic N) is 1. The minimum Gasteiger partial charge on any atom is -0.345 e. The predicted molar refractivity (Wildman–Crippen MR) is 80.3 cm³/mol. The van der Waals surface area contributed by atoms with Gasteiger partial charge in [0.05, 0.1) is 0 Å². The van der Waals surface area contributed by atoms with Crippen LogP contribution >= 0.6 is 0 Å². The van der Waals surface area contributed by atoms with E-state index in [0.717, 1.165) is 19.4 Å². The van der Waals surface area contributed by atoms with E-state index in [-0.39, 0.29) is 5.91 Å². The van der Waals surface area contributed by atoms with Crippen LogP contribution in [0.1, 0.15) is 35.1 Å². The summed E-state index contributed by atoms with van der Waals surface area (Å²) in [6.07, 6.45) is 2.24. The van der Waals surface area contributed by atoms with Crippen LogP contribution in [0, 0.1) is 20.8 Å². The van der Waals surface area contributed by atoms with Gasteiger partial charge in [-0.15, -0.1) is 0 Å². The molecule has 0 unspecified atom stereocenters. The van der Waals surface area contributed by atoms with Gasteiger partial charge in [0, 0.05) is 20.0 Å². The van der Waals surface area contributed by atoms with Crippen molar-refractivity contribution in [2.75, 3.05) is 20.1 Å². The van der Waals surface area contributed by atoms with Crippen LogP contribution in [0.5, 0.6) is 0 Å². The Morgan fingerprint density at radius 2 is 1.89 bits per heavy atom. The van der Waals surface area contributed by atoms with Crippen LogP contribution in [-0.4, -0.2) is 30.9 Å². The highest BCUT2D eigenvalue weighted by Crippen LogP contribution is 2.17. The predicted octanol–water partition coefficient (Wildman–Crippen LogP) is 2.35. The van der Waals surface area contributed by atoms with E-state index in [9.17, 15) is 4.79 Å². The number of amides is 1. The second kappa shape index (κ2) is 7.29.